The molecule has 0 heterocycles. The van der Waals surface area contributed by atoms with Crippen LogP contribution in [0.5, 0.6) is 5.75 Å². The van der Waals surface area contributed by atoms with Gasteiger partial charge in [0.15, 0.2) is 0 Å². The van der Waals surface area contributed by atoms with Crippen molar-refractivity contribution in [1.29, 1.82) is 0 Å². The summed E-state index contributed by atoms with van der Waals surface area (Å²) in [5.41, 5.74) is 1.53. The number of hydrogen-bond acceptors (Lipinski definition) is 3. The van der Waals surface area contributed by atoms with Crippen molar-refractivity contribution in [3.63, 3.8) is 0 Å². The van der Waals surface area contributed by atoms with E-state index in [1.54, 1.807) is 6.07 Å². The Kier molecular flexibility index (Phi) is 5.23. The van der Waals surface area contributed by atoms with Gasteiger partial charge in [0, 0.05) is 12.0 Å². The molecule has 0 unspecified atom stereocenters. The van der Waals surface area contributed by atoms with E-state index < -0.39 is 0 Å². The second kappa shape index (κ2) is 6.94. The van der Waals surface area contributed by atoms with Gasteiger partial charge in [0.25, 0.3) is 0 Å². The summed E-state index contributed by atoms with van der Waals surface area (Å²) >= 11 is 0. The molecule has 0 atom stereocenters. The predicted octanol–water partition coefficient (Wildman–Crippen LogP) is 3.21. The van der Waals surface area contributed by atoms with Gasteiger partial charge in [-0.25, -0.2) is 0 Å². The van der Waals surface area contributed by atoms with Crippen LogP contribution in [0.15, 0.2) is 18.2 Å². The maximum Gasteiger partial charge on any atom is 0.226 e. The van der Waals surface area contributed by atoms with E-state index in [2.05, 4.69) is 17.6 Å². The highest BCUT2D eigenvalue weighted by molar-refractivity contribution is 5.93. The number of amides is 1. The predicted molar refractivity (Wildman–Crippen MR) is 85.6 cm³/mol. The normalized spacial score (nSPS) is 17.4. The van der Waals surface area contributed by atoms with Gasteiger partial charge < -0.3 is 15.7 Å². The second-order valence-electron chi connectivity index (χ2n) is 6.02. The maximum atomic E-state index is 12.3. The van der Waals surface area contributed by atoms with Crippen molar-refractivity contribution in [3.8, 4) is 5.75 Å². The number of aromatic hydroxyl groups is 1. The number of benzene rings is 1. The third-order valence-corrected chi connectivity index (χ3v) is 4.58. The highest BCUT2D eigenvalue weighted by atomic mass is 16.3. The molecule has 3 N–H and O–H groups in total. The van der Waals surface area contributed by atoms with Crippen LogP contribution < -0.4 is 10.6 Å². The fraction of sp³-hybridized carbons (Fsp3) is 0.588. The number of carbonyl (C=O) groups is 1. The Bertz CT molecular complexity index is 494. The molecule has 4 heteroatoms. The lowest BCUT2D eigenvalue weighted by Crippen LogP contribution is -2.47. The third-order valence-electron chi connectivity index (χ3n) is 4.58. The van der Waals surface area contributed by atoms with Crippen LogP contribution in [0.2, 0.25) is 0 Å². The smallest absolute Gasteiger partial charge is 0.226 e. The average molecular weight is 290 g/mol. The van der Waals surface area contributed by atoms with Gasteiger partial charge in [-0.2, -0.15) is 0 Å². The number of nitrogens with one attached hydrogen (secondary N) is 2. The first-order chi connectivity index (χ1) is 10.1. The van der Waals surface area contributed by atoms with E-state index >= 15 is 0 Å². The van der Waals surface area contributed by atoms with E-state index in [9.17, 15) is 9.90 Å². The van der Waals surface area contributed by atoms with Gasteiger partial charge in [-0.1, -0.05) is 32.3 Å². The van der Waals surface area contributed by atoms with Crippen LogP contribution in [0.1, 0.15) is 51.0 Å². The fourth-order valence-corrected chi connectivity index (χ4v) is 3.15. The lowest BCUT2D eigenvalue weighted by Gasteiger charge is -2.36. The standard InChI is InChI=1S/C17H26N2O2/c1-3-13-7-8-15(20)14(11-13)19-16(21)12-17(18-2)9-5-4-6-10-17/h7-8,11,18,20H,3-6,9-10,12H2,1-2H3,(H,19,21). The van der Waals surface area contributed by atoms with Crippen LogP contribution in [0.25, 0.3) is 0 Å². The molecule has 21 heavy (non-hydrogen) atoms. The van der Waals surface area contributed by atoms with Crippen LogP contribution in [0.3, 0.4) is 0 Å². The third kappa shape index (κ3) is 3.97. The number of rotatable bonds is 5. The summed E-state index contributed by atoms with van der Waals surface area (Å²) in [6.07, 6.45) is 7.01. The minimum atomic E-state index is -0.0830. The lowest BCUT2D eigenvalue weighted by atomic mass is 9.79. The monoisotopic (exact) mass is 290 g/mol. The summed E-state index contributed by atoms with van der Waals surface area (Å²) in [4.78, 5) is 12.3. The first-order valence-electron chi connectivity index (χ1n) is 7.89. The van der Waals surface area contributed by atoms with E-state index in [-0.39, 0.29) is 17.2 Å². The van der Waals surface area contributed by atoms with Gasteiger partial charge in [0.1, 0.15) is 5.75 Å². The minimum absolute atomic E-state index is 0.0326. The Balaban J connectivity index is 2.04. The van der Waals surface area contributed by atoms with Crippen molar-refractivity contribution in [2.24, 2.45) is 0 Å². The molecule has 0 spiro atoms. The van der Waals surface area contributed by atoms with Crippen LogP contribution in [0, 0.1) is 0 Å². The summed E-state index contributed by atoms with van der Waals surface area (Å²) < 4.78 is 0. The topological polar surface area (TPSA) is 61.4 Å². The zero-order valence-corrected chi connectivity index (χ0v) is 13.0. The molecular formula is C17H26N2O2. The number of aryl methyl sites for hydroxylation is 1. The molecule has 2 rings (SSSR count). The molecule has 0 aromatic heterocycles. The van der Waals surface area contributed by atoms with Crippen molar-refractivity contribution in [2.75, 3.05) is 12.4 Å². The average Bonchev–Trinajstić information content (AvgIpc) is 2.50. The quantitative estimate of drug-likeness (QED) is 0.730. The molecule has 1 saturated carbocycles. The molecule has 0 saturated heterocycles. The van der Waals surface area contributed by atoms with Crippen molar-refractivity contribution in [1.82, 2.24) is 5.32 Å². The Hall–Kier alpha value is -1.55. The Morgan fingerprint density at radius 1 is 1.29 bits per heavy atom. The Labute approximate surface area is 126 Å². The number of phenols is 1. The summed E-state index contributed by atoms with van der Waals surface area (Å²) in [5.74, 6) is 0.0949. The lowest BCUT2D eigenvalue weighted by molar-refractivity contribution is -0.117. The van der Waals surface area contributed by atoms with Crippen molar-refractivity contribution < 1.29 is 9.90 Å². The van der Waals surface area contributed by atoms with Gasteiger partial charge in [0.2, 0.25) is 5.91 Å². The minimum Gasteiger partial charge on any atom is -0.506 e. The zero-order valence-electron chi connectivity index (χ0n) is 13.0. The maximum absolute atomic E-state index is 12.3. The zero-order chi connectivity index (χ0) is 15.3. The van der Waals surface area contributed by atoms with Gasteiger partial charge in [-0.3, -0.25) is 4.79 Å². The number of phenolic OH excluding ortho intramolecular Hbond substituents is 1. The van der Waals surface area contributed by atoms with Crippen LogP contribution in [0.4, 0.5) is 5.69 Å². The molecule has 0 radical (unpaired) electrons. The van der Waals surface area contributed by atoms with Crippen molar-refractivity contribution in [3.05, 3.63) is 23.8 Å². The molecule has 0 bridgehead atoms. The number of hydrogen-bond donors (Lipinski definition) is 3. The molecule has 116 valence electrons. The number of carbonyl (C=O) groups excluding carboxylic acids is 1. The highest BCUT2D eigenvalue weighted by Crippen LogP contribution is 2.32. The van der Waals surface area contributed by atoms with E-state index in [1.165, 1.54) is 19.3 Å². The van der Waals surface area contributed by atoms with Crippen molar-refractivity contribution in [2.45, 2.75) is 57.4 Å². The molecule has 1 amide bonds. The fourth-order valence-electron chi connectivity index (χ4n) is 3.15. The number of anilines is 1. The molecule has 1 fully saturated rings. The summed E-state index contributed by atoms with van der Waals surface area (Å²) in [6, 6.07) is 5.37. The molecule has 1 aromatic rings. The first kappa shape index (κ1) is 15.8. The van der Waals surface area contributed by atoms with Crippen molar-refractivity contribution >= 4 is 11.6 Å². The van der Waals surface area contributed by atoms with Crippen LogP contribution in [-0.2, 0) is 11.2 Å². The van der Waals surface area contributed by atoms with Crippen LogP contribution >= 0.6 is 0 Å². The second-order valence-corrected chi connectivity index (χ2v) is 6.02. The Morgan fingerprint density at radius 3 is 2.62 bits per heavy atom. The van der Waals surface area contributed by atoms with E-state index in [0.29, 0.717) is 12.1 Å². The van der Waals surface area contributed by atoms with Gasteiger partial charge in [-0.05, 0) is 44.0 Å². The molecule has 1 aliphatic rings. The van der Waals surface area contributed by atoms with Gasteiger partial charge >= 0.3 is 0 Å². The van der Waals surface area contributed by atoms with Crippen LogP contribution in [-0.4, -0.2) is 23.6 Å². The summed E-state index contributed by atoms with van der Waals surface area (Å²) in [5, 5.41) is 16.1. The summed E-state index contributed by atoms with van der Waals surface area (Å²) in [6.45, 7) is 2.05. The molecule has 1 aromatic carbocycles. The van der Waals surface area contributed by atoms with E-state index in [1.807, 2.05) is 19.2 Å². The van der Waals surface area contributed by atoms with E-state index in [0.717, 1.165) is 24.8 Å². The van der Waals surface area contributed by atoms with Gasteiger partial charge in [0.05, 0.1) is 5.69 Å². The summed E-state index contributed by atoms with van der Waals surface area (Å²) in [7, 11) is 1.94. The highest BCUT2D eigenvalue weighted by Gasteiger charge is 2.32. The van der Waals surface area contributed by atoms with Gasteiger partial charge in [-0.15, -0.1) is 0 Å². The van der Waals surface area contributed by atoms with E-state index in [4.69, 9.17) is 0 Å². The molecule has 0 aliphatic heterocycles. The largest absolute Gasteiger partial charge is 0.506 e. The Morgan fingerprint density at radius 2 is 2.00 bits per heavy atom. The molecular weight excluding hydrogens is 264 g/mol. The molecule has 1 aliphatic carbocycles. The first-order valence-corrected chi connectivity index (χ1v) is 7.89. The molecule has 4 nitrogen and oxygen atoms in total. The SMILES string of the molecule is CCc1ccc(O)c(NC(=O)CC2(NC)CCCCC2)c1.